The first-order chi connectivity index (χ1) is 7.65. The molecular weight excluding hydrogens is 220 g/mol. The van der Waals surface area contributed by atoms with Crippen LogP contribution in [0.4, 0.5) is 0 Å². The van der Waals surface area contributed by atoms with Crippen LogP contribution in [0, 0.1) is 20.8 Å². The van der Waals surface area contributed by atoms with Crippen molar-refractivity contribution in [3.63, 3.8) is 0 Å². The molecule has 16 heavy (non-hydrogen) atoms. The number of furan rings is 1. The molecule has 0 saturated carbocycles. The molecule has 0 bridgehead atoms. The van der Waals surface area contributed by atoms with Crippen LogP contribution in [0.25, 0.3) is 0 Å². The molecule has 0 aliphatic rings. The van der Waals surface area contributed by atoms with Crippen molar-refractivity contribution < 1.29 is 4.42 Å². The molecule has 0 aromatic carbocycles. The molecule has 0 atom stereocenters. The standard InChI is InChI=1S/C12H16N2OS/c1-8-4-5-11(15-8)6-13-7-12-14-9(2)10(3)16-12/h4-5,13H,6-7H2,1-3H3. The van der Waals surface area contributed by atoms with Gasteiger partial charge in [0.05, 0.1) is 12.2 Å². The number of aromatic nitrogens is 1. The van der Waals surface area contributed by atoms with Crippen LogP contribution in [0.3, 0.4) is 0 Å². The van der Waals surface area contributed by atoms with Gasteiger partial charge in [-0.3, -0.25) is 0 Å². The van der Waals surface area contributed by atoms with Gasteiger partial charge in [-0.15, -0.1) is 11.3 Å². The molecule has 86 valence electrons. The van der Waals surface area contributed by atoms with E-state index >= 15 is 0 Å². The first kappa shape index (κ1) is 11.4. The number of thiazole rings is 1. The third-order valence-corrected chi connectivity index (χ3v) is 3.52. The van der Waals surface area contributed by atoms with Crippen LogP contribution in [0.2, 0.25) is 0 Å². The van der Waals surface area contributed by atoms with E-state index in [1.807, 2.05) is 26.0 Å². The fourth-order valence-corrected chi connectivity index (χ4v) is 2.39. The quantitative estimate of drug-likeness (QED) is 0.887. The first-order valence-corrected chi connectivity index (χ1v) is 6.16. The Kier molecular flexibility index (Phi) is 3.41. The van der Waals surface area contributed by atoms with Gasteiger partial charge in [0.2, 0.25) is 0 Å². The summed E-state index contributed by atoms with van der Waals surface area (Å²) in [5.41, 5.74) is 1.13. The molecule has 2 rings (SSSR count). The normalized spacial score (nSPS) is 10.9. The average Bonchev–Trinajstić information content (AvgIpc) is 2.75. The third-order valence-electron chi connectivity index (χ3n) is 2.44. The summed E-state index contributed by atoms with van der Waals surface area (Å²) in [6.07, 6.45) is 0. The molecule has 0 amide bonds. The highest BCUT2D eigenvalue weighted by atomic mass is 32.1. The van der Waals surface area contributed by atoms with Crippen LogP contribution < -0.4 is 5.32 Å². The highest BCUT2D eigenvalue weighted by Gasteiger charge is 2.03. The van der Waals surface area contributed by atoms with E-state index in [1.165, 1.54) is 4.88 Å². The minimum Gasteiger partial charge on any atom is -0.465 e. The lowest BCUT2D eigenvalue weighted by molar-refractivity contribution is 0.461. The van der Waals surface area contributed by atoms with E-state index in [1.54, 1.807) is 11.3 Å². The van der Waals surface area contributed by atoms with Crippen molar-refractivity contribution in [3.8, 4) is 0 Å². The van der Waals surface area contributed by atoms with E-state index in [4.69, 9.17) is 4.42 Å². The fourth-order valence-electron chi connectivity index (χ4n) is 1.49. The molecule has 0 aliphatic heterocycles. The summed E-state index contributed by atoms with van der Waals surface area (Å²) < 4.78 is 5.47. The Bertz CT molecular complexity index is 454. The van der Waals surface area contributed by atoms with Gasteiger partial charge >= 0.3 is 0 Å². The number of aryl methyl sites for hydroxylation is 3. The first-order valence-electron chi connectivity index (χ1n) is 5.34. The molecule has 0 radical (unpaired) electrons. The molecule has 3 nitrogen and oxygen atoms in total. The van der Waals surface area contributed by atoms with Gasteiger partial charge in [0.25, 0.3) is 0 Å². The third kappa shape index (κ3) is 2.71. The SMILES string of the molecule is Cc1ccc(CNCc2nc(C)c(C)s2)o1. The molecule has 2 aromatic heterocycles. The zero-order valence-electron chi connectivity index (χ0n) is 9.83. The summed E-state index contributed by atoms with van der Waals surface area (Å²) in [6, 6.07) is 3.98. The lowest BCUT2D eigenvalue weighted by Crippen LogP contribution is -2.11. The number of hydrogen-bond acceptors (Lipinski definition) is 4. The van der Waals surface area contributed by atoms with E-state index in [9.17, 15) is 0 Å². The van der Waals surface area contributed by atoms with Gasteiger partial charge in [0.15, 0.2) is 0 Å². The highest BCUT2D eigenvalue weighted by Crippen LogP contribution is 2.16. The van der Waals surface area contributed by atoms with E-state index in [-0.39, 0.29) is 0 Å². The van der Waals surface area contributed by atoms with Gasteiger partial charge < -0.3 is 9.73 Å². The van der Waals surface area contributed by atoms with Crippen molar-refractivity contribution in [1.29, 1.82) is 0 Å². The van der Waals surface area contributed by atoms with Crippen LogP contribution in [0.5, 0.6) is 0 Å². The smallest absolute Gasteiger partial charge is 0.117 e. The van der Waals surface area contributed by atoms with Crippen molar-refractivity contribution >= 4 is 11.3 Å². The lowest BCUT2D eigenvalue weighted by atomic mass is 10.4. The Hall–Kier alpha value is -1.13. The molecule has 0 aliphatic carbocycles. The van der Waals surface area contributed by atoms with Gasteiger partial charge in [-0.25, -0.2) is 4.98 Å². The molecule has 0 spiro atoms. The molecular formula is C12H16N2OS. The summed E-state index contributed by atoms with van der Waals surface area (Å²) in [7, 11) is 0. The molecule has 4 heteroatoms. The average molecular weight is 236 g/mol. The Morgan fingerprint density at radius 3 is 2.62 bits per heavy atom. The Labute approximate surface area is 99.5 Å². The number of nitrogens with one attached hydrogen (secondary N) is 1. The predicted octanol–water partition coefficient (Wildman–Crippen LogP) is 2.95. The summed E-state index contributed by atoms with van der Waals surface area (Å²) in [4.78, 5) is 5.77. The predicted molar refractivity (Wildman–Crippen MR) is 65.6 cm³/mol. The molecule has 0 unspecified atom stereocenters. The van der Waals surface area contributed by atoms with Crippen molar-refractivity contribution in [2.45, 2.75) is 33.9 Å². The van der Waals surface area contributed by atoms with Crippen LogP contribution in [-0.4, -0.2) is 4.98 Å². The van der Waals surface area contributed by atoms with E-state index < -0.39 is 0 Å². The number of rotatable bonds is 4. The van der Waals surface area contributed by atoms with E-state index in [0.29, 0.717) is 0 Å². The second-order valence-corrected chi connectivity index (χ2v) is 5.15. The van der Waals surface area contributed by atoms with Crippen molar-refractivity contribution in [2.24, 2.45) is 0 Å². The van der Waals surface area contributed by atoms with Gasteiger partial charge in [-0.2, -0.15) is 0 Å². The zero-order chi connectivity index (χ0) is 11.5. The minimum absolute atomic E-state index is 0.755. The van der Waals surface area contributed by atoms with Gasteiger partial charge in [0, 0.05) is 11.4 Å². The second-order valence-electron chi connectivity index (χ2n) is 3.87. The number of nitrogens with zero attached hydrogens (tertiary/aromatic N) is 1. The summed E-state index contributed by atoms with van der Waals surface area (Å²) in [5.74, 6) is 1.93. The maximum absolute atomic E-state index is 5.47. The van der Waals surface area contributed by atoms with Crippen molar-refractivity contribution in [3.05, 3.63) is 39.2 Å². The van der Waals surface area contributed by atoms with Gasteiger partial charge in [-0.05, 0) is 32.9 Å². The van der Waals surface area contributed by atoms with E-state index in [0.717, 1.165) is 35.3 Å². The topological polar surface area (TPSA) is 38.1 Å². The number of hydrogen-bond donors (Lipinski definition) is 1. The van der Waals surface area contributed by atoms with Crippen LogP contribution in [0.1, 0.15) is 27.1 Å². The lowest BCUT2D eigenvalue weighted by Gasteiger charge is -1.98. The van der Waals surface area contributed by atoms with Gasteiger partial charge in [-0.1, -0.05) is 0 Å². The molecule has 0 fully saturated rings. The second kappa shape index (κ2) is 4.80. The maximum Gasteiger partial charge on any atom is 0.117 e. The van der Waals surface area contributed by atoms with Crippen molar-refractivity contribution in [2.75, 3.05) is 0 Å². The summed E-state index contributed by atoms with van der Waals surface area (Å²) >= 11 is 1.75. The molecule has 2 aromatic rings. The largest absolute Gasteiger partial charge is 0.465 e. The summed E-state index contributed by atoms with van der Waals surface area (Å²) in [5, 5.41) is 4.46. The monoisotopic (exact) mass is 236 g/mol. The fraction of sp³-hybridized carbons (Fsp3) is 0.417. The van der Waals surface area contributed by atoms with Gasteiger partial charge in [0.1, 0.15) is 16.5 Å². The zero-order valence-corrected chi connectivity index (χ0v) is 10.6. The highest BCUT2D eigenvalue weighted by molar-refractivity contribution is 7.11. The van der Waals surface area contributed by atoms with Crippen molar-refractivity contribution in [1.82, 2.24) is 10.3 Å². The van der Waals surface area contributed by atoms with E-state index in [2.05, 4.69) is 17.2 Å². The minimum atomic E-state index is 0.755. The maximum atomic E-state index is 5.47. The van der Waals surface area contributed by atoms with Crippen LogP contribution in [-0.2, 0) is 13.1 Å². The molecule has 2 heterocycles. The Morgan fingerprint density at radius 1 is 1.25 bits per heavy atom. The summed E-state index contributed by atoms with van der Waals surface area (Å²) in [6.45, 7) is 7.67. The molecule has 0 saturated heterocycles. The van der Waals surface area contributed by atoms with Crippen LogP contribution >= 0.6 is 11.3 Å². The Morgan fingerprint density at radius 2 is 2.06 bits per heavy atom. The Balaban J connectivity index is 1.84. The van der Waals surface area contributed by atoms with Crippen LogP contribution in [0.15, 0.2) is 16.5 Å². The molecule has 1 N–H and O–H groups in total.